The number of carbonyl (C=O) groups is 1. The number of pyridine rings is 1. The SMILES string of the molecule is C[C@H](C(=O)NCCc1ccc(F)cc1)N1CCN(c2ccccn2)CC1. The molecule has 0 aliphatic carbocycles. The smallest absolute Gasteiger partial charge is 0.237 e. The molecule has 0 radical (unpaired) electrons. The molecule has 1 aliphatic heterocycles. The van der Waals surface area contributed by atoms with Gasteiger partial charge in [-0.25, -0.2) is 9.37 Å². The Morgan fingerprint density at radius 2 is 1.88 bits per heavy atom. The maximum atomic E-state index is 12.9. The van der Waals surface area contributed by atoms with Crippen molar-refractivity contribution < 1.29 is 9.18 Å². The molecule has 1 aromatic carbocycles. The Bertz CT molecular complexity index is 700. The molecule has 138 valence electrons. The van der Waals surface area contributed by atoms with Gasteiger partial charge in [-0.2, -0.15) is 0 Å². The van der Waals surface area contributed by atoms with Crippen LogP contribution in [0.25, 0.3) is 0 Å². The molecule has 1 aromatic heterocycles. The summed E-state index contributed by atoms with van der Waals surface area (Å²) >= 11 is 0. The minimum atomic E-state index is -0.240. The minimum absolute atomic E-state index is 0.0402. The lowest BCUT2D eigenvalue weighted by atomic mass is 10.1. The highest BCUT2D eigenvalue weighted by atomic mass is 19.1. The van der Waals surface area contributed by atoms with E-state index in [-0.39, 0.29) is 17.8 Å². The van der Waals surface area contributed by atoms with Crippen LogP contribution in [-0.2, 0) is 11.2 Å². The Balaban J connectivity index is 1.42. The molecule has 2 heterocycles. The van der Waals surface area contributed by atoms with Crippen LogP contribution in [-0.4, -0.2) is 54.6 Å². The summed E-state index contributed by atoms with van der Waals surface area (Å²) < 4.78 is 12.9. The minimum Gasteiger partial charge on any atom is -0.354 e. The van der Waals surface area contributed by atoms with Crippen molar-refractivity contribution in [1.82, 2.24) is 15.2 Å². The number of piperazine rings is 1. The molecule has 0 unspecified atom stereocenters. The normalized spacial score (nSPS) is 16.3. The number of nitrogens with zero attached hydrogens (tertiary/aromatic N) is 3. The Kier molecular flexibility index (Phi) is 6.17. The third-order valence-electron chi connectivity index (χ3n) is 4.84. The van der Waals surface area contributed by atoms with Crippen LogP contribution < -0.4 is 10.2 Å². The van der Waals surface area contributed by atoms with Gasteiger partial charge in [-0.1, -0.05) is 18.2 Å². The van der Waals surface area contributed by atoms with Gasteiger partial charge in [0.05, 0.1) is 6.04 Å². The number of carbonyl (C=O) groups excluding carboxylic acids is 1. The quantitative estimate of drug-likeness (QED) is 0.861. The fourth-order valence-corrected chi connectivity index (χ4v) is 3.17. The predicted molar refractivity (Wildman–Crippen MR) is 101 cm³/mol. The number of benzene rings is 1. The number of anilines is 1. The van der Waals surface area contributed by atoms with E-state index < -0.39 is 0 Å². The molecule has 0 spiro atoms. The monoisotopic (exact) mass is 356 g/mol. The number of rotatable bonds is 6. The van der Waals surface area contributed by atoms with Gasteiger partial charge in [-0.3, -0.25) is 9.69 Å². The van der Waals surface area contributed by atoms with Crippen molar-refractivity contribution in [3.63, 3.8) is 0 Å². The molecule has 5 nitrogen and oxygen atoms in total. The van der Waals surface area contributed by atoms with E-state index in [0.717, 1.165) is 37.6 Å². The van der Waals surface area contributed by atoms with Crippen molar-refractivity contribution >= 4 is 11.7 Å². The topological polar surface area (TPSA) is 48.5 Å². The Hall–Kier alpha value is -2.47. The Morgan fingerprint density at radius 3 is 2.54 bits per heavy atom. The molecular formula is C20H25FN4O. The van der Waals surface area contributed by atoms with Crippen molar-refractivity contribution in [3.05, 3.63) is 60.0 Å². The lowest BCUT2D eigenvalue weighted by Crippen LogP contribution is -2.54. The molecule has 1 atom stereocenters. The molecule has 1 aliphatic rings. The van der Waals surface area contributed by atoms with Gasteiger partial charge < -0.3 is 10.2 Å². The highest BCUT2D eigenvalue weighted by Crippen LogP contribution is 2.14. The third kappa shape index (κ3) is 4.79. The first-order valence-corrected chi connectivity index (χ1v) is 9.05. The first-order valence-electron chi connectivity index (χ1n) is 9.05. The van der Waals surface area contributed by atoms with Crippen molar-refractivity contribution in [1.29, 1.82) is 0 Å². The number of amides is 1. The molecule has 3 rings (SSSR count). The van der Waals surface area contributed by atoms with E-state index in [1.807, 2.05) is 25.1 Å². The van der Waals surface area contributed by atoms with Crippen LogP contribution >= 0.6 is 0 Å². The number of nitrogens with one attached hydrogen (secondary N) is 1. The third-order valence-corrected chi connectivity index (χ3v) is 4.84. The fraction of sp³-hybridized carbons (Fsp3) is 0.400. The summed E-state index contributed by atoms with van der Waals surface area (Å²) in [6.45, 7) is 5.91. The highest BCUT2D eigenvalue weighted by molar-refractivity contribution is 5.81. The number of aromatic nitrogens is 1. The van der Waals surface area contributed by atoms with E-state index >= 15 is 0 Å². The summed E-state index contributed by atoms with van der Waals surface area (Å²) in [5.74, 6) is 0.790. The van der Waals surface area contributed by atoms with E-state index in [1.165, 1.54) is 12.1 Å². The molecule has 1 N–H and O–H groups in total. The second-order valence-corrected chi connectivity index (χ2v) is 6.55. The van der Waals surface area contributed by atoms with Gasteiger partial charge in [-0.05, 0) is 43.2 Å². The lowest BCUT2D eigenvalue weighted by molar-refractivity contribution is -0.125. The van der Waals surface area contributed by atoms with Gasteiger partial charge in [-0.15, -0.1) is 0 Å². The second kappa shape index (κ2) is 8.76. The van der Waals surface area contributed by atoms with Crippen LogP contribution in [0.3, 0.4) is 0 Å². The van der Waals surface area contributed by atoms with E-state index in [4.69, 9.17) is 0 Å². The molecule has 2 aromatic rings. The summed E-state index contributed by atoms with van der Waals surface area (Å²) in [7, 11) is 0. The average Bonchev–Trinajstić information content (AvgIpc) is 2.69. The van der Waals surface area contributed by atoms with Crippen molar-refractivity contribution in [3.8, 4) is 0 Å². The highest BCUT2D eigenvalue weighted by Gasteiger charge is 2.25. The van der Waals surface area contributed by atoms with Gasteiger partial charge in [0.15, 0.2) is 0 Å². The van der Waals surface area contributed by atoms with Crippen LogP contribution in [0.1, 0.15) is 12.5 Å². The second-order valence-electron chi connectivity index (χ2n) is 6.55. The summed E-state index contributed by atoms with van der Waals surface area (Å²) in [5.41, 5.74) is 1.02. The largest absolute Gasteiger partial charge is 0.354 e. The van der Waals surface area contributed by atoms with Crippen LogP contribution in [0, 0.1) is 5.82 Å². The number of hydrogen-bond donors (Lipinski definition) is 1. The summed E-state index contributed by atoms with van der Waals surface area (Å²) in [6, 6.07) is 12.2. The van der Waals surface area contributed by atoms with E-state index in [0.29, 0.717) is 13.0 Å². The van der Waals surface area contributed by atoms with Crippen molar-refractivity contribution in [2.75, 3.05) is 37.6 Å². The van der Waals surface area contributed by atoms with Crippen molar-refractivity contribution in [2.45, 2.75) is 19.4 Å². The van der Waals surface area contributed by atoms with Gasteiger partial charge in [0.1, 0.15) is 11.6 Å². The zero-order chi connectivity index (χ0) is 18.4. The lowest BCUT2D eigenvalue weighted by Gasteiger charge is -2.37. The standard InChI is InChI=1S/C20H25FN4O/c1-16(20(26)23-11-9-17-5-7-18(21)8-6-17)24-12-14-25(15-13-24)19-4-2-3-10-22-19/h2-8,10,16H,9,11-15H2,1H3,(H,23,26)/t16-/m1/s1. The first kappa shape index (κ1) is 18.3. The molecule has 0 saturated carbocycles. The van der Waals surface area contributed by atoms with E-state index in [9.17, 15) is 9.18 Å². The maximum absolute atomic E-state index is 12.9. The fourth-order valence-electron chi connectivity index (χ4n) is 3.17. The van der Waals surface area contributed by atoms with E-state index in [2.05, 4.69) is 20.1 Å². The summed E-state index contributed by atoms with van der Waals surface area (Å²) in [6.07, 6.45) is 2.51. The van der Waals surface area contributed by atoms with Crippen LogP contribution in [0.4, 0.5) is 10.2 Å². The Labute approximate surface area is 153 Å². The van der Waals surface area contributed by atoms with Crippen LogP contribution in [0.15, 0.2) is 48.7 Å². The predicted octanol–water partition coefficient (Wildman–Crippen LogP) is 2.09. The van der Waals surface area contributed by atoms with Crippen molar-refractivity contribution in [2.24, 2.45) is 0 Å². The van der Waals surface area contributed by atoms with Gasteiger partial charge >= 0.3 is 0 Å². The first-order chi connectivity index (χ1) is 12.6. The number of halogens is 1. The van der Waals surface area contributed by atoms with E-state index in [1.54, 1.807) is 18.3 Å². The van der Waals surface area contributed by atoms with Gasteiger partial charge in [0, 0.05) is 38.9 Å². The van der Waals surface area contributed by atoms with Crippen LogP contribution in [0.2, 0.25) is 0 Å². The Morgan fingerprint density at radius 1 is 1.15 bits per heavy atom. The molecule has 6 heteroatoms. The molecule has 1 amide bonds. The molecule has 0 bridgehead atoms. The summed E-state index contributed by atoms with van der Waals surface area (Å²) in [5, 5.41) is 2.99. The summed E-state index contributed by atoms with van der Waals surface area (Å²) in [4.78, 5) is 21.2. The molecule has 1 saturated heterocycles. The maximum Gasteiger partial charge on any atom is 0.237 e. The zero-order valence-corrected chi connectivity index (χ0v) is 15.1. The number of hydrogen-bond acceptors (Lipinski definition) is 4. The molecular weight excluding hydrogens is 331 g/mol. The van der Waals surface area contributed by atoms with Crippen LogP contribution in [0.5, 0.6) is 0 Å². The van der Waals surface area contributed by atoms with Gasteiger partial charge in [0.25, 0.3) is 0 Å². The zero-order valence-electron chi connectivity index (χ0n) is 15.1. The van der Waals surface area contributed by atoms with Gasteiger partial charge in [0.2, 0.25) is 5.91 Å². The molecule has 1 fully saturated rings. The average molecular weight is 356 g/mol. The molecule has 26 heavy (non-hydrogen) atoms.